The highest BCUT2D eigenvalue weighted by molar-refractivity contribution is 7.10. The van der Waals surface area contributed by atoms with Gasteiger partial charge < -0.3 is 9.64 Å². The smallest absolute Gasteiger partial charge is 0.162 e. The maximum atomic E-state index is 5.82. The molecule has 2 aromatic rings. The van der Waals surface area contributed by atoms with E-state index < -0.39 is 0 Å². The fourth-order valence-corrected chi connectivity index (χ4v) is 3.25. The normalized spacial score (nSPS) is 12.9. The lowest BCUT2D eigenvalue weighted by Gasteiger charge is -2.20. The molecule has 0 aliphatic rings. The van der Waals surface area contributed by atoms with Crippen molar-refractivity contribution in [3.63, 3.8) is 0 Å². The van der Waals surface area contributed by atoms with Crippen LogP contribution in [0.15, 0.2) is 17.6 Å². The molecule has 2 heterocycles. The summed E-state index contributed by atoms with van der Waals surface area (Å²) in [5, 5.41) is 6.51. The predicted octanol–water partition coefficient (Wildman–Crippen LogP) is 1.38. The maximum Gasteiger partial charge on any atom is 0.162 e. The third-order valence-corrected chi connectivity index (χ3v) is 4.51. The van der Waals surface area contributed by atoms with E-state index in [9.17, 15) is 0 Å². The van der Waals surface area contributed by atoms with Gasteiger partial charge in [0.05, 0.1) is 19.9 Å². The Bertz CT molecular complexity index is 578. The molecule has 21 heavy (non-hydrogen) atoms. The first-order chi connectivity index (χ1) is 10.1. The number of aryl methyl sites for hydroxylation is 1. The van der Waals surface area contributed by atoms with E-state index in [2.05, 4.69) is 33.8 Å². The fourth-order valence-electron chi connectivity index (χ4n) is 2.26. The minimum Gasteiger partial charge on any atom is -0.493 e. The van der Waals surface area contributed by atoms with Gasteiger partial charge in [-0.1, -0.05) is 0 Å². The van der Waals surface area contributed by atoms with Gasteiger partial charge in [-0.3, -0.25) is 10.5 Å². The Kier molecular flexibility index (Phi) is 5.35. The number of aromatic nitrogens is 2. The molecule has 0 amide bonds. The Balaban J connectivity index is 2.39. The lowest BCUT2D eigenvalue weighted by Crippen LogP contribution is -2.32. The summed E-state index contributed by atoms with van der Waals surface area (Å²) in [6.45, 7) is 3.77. The lowest BCUT2D eigenvalue weighted by molar-refractivity contribution is 0.360. The third kappa shape index (κ3) is 3.44. The van der Waals surface area contributed by atoms with E-state index in [-0.39, 0.29) is 6.04 Å². The molecule has 6 nitrogen and oxygen atoms in total. The quantitative estimate of drug-likeness (QED) is 0.597. The number of hydrazine groups is 1. The highest BCUT2D eigenvalue weighted by Crippen LogP contribution is 2.33. The van der Waals surface area contributed by atoms with Gasteiger partial charge in [0.15, 0.2) is 5.75 Å². The van der Waals surface area contributed by atoms with Crippen LogP contribution in [-0.4, -0.2) is 42.4 Å². The van der Waals surface area contributed by atoms with Gasteiger partial charge in [0.25, 0.3) is 0 Å². The second kappa shape index (κ2) is 7.04. The Morgan fingerprint density at radius 2 is 2.29 bits per heavy atom. The molecule has 0 saturated carbocycles. The highest BCUT2D eigenvalue weighted by Gasteiger charge is 2.24. The average molecular weight is 309 g/mol. The van der Waals surface area contributed by atoms with Gasteiger partial charge >= 0.3 is 0 Å². The lowest BCUT2D eigenvalue weighted by atomic mass is 10.1. The summed E-state index contributed by atoms with van der Waals surface area (Å²) in [5.74, 6) is 6.58. The van der Waals surface area contributed by atoms with Gasteiger partial charge in [-0.2, -0.15) is 5.10 Å². The zero-order valence-electron chi connectivity index (χ0n) is 13.0. The van der Waals surface area contributed by atoms with Crippen molar-refractivity contribution in [3.8, 4) is 5.75 Å². The van der Waals surface area contributed by atoms with E-state index in [0.29, 0.717) is 0 Å². The molecule has 116 valence electrons. The minimum atomic E-state index is -0.121. The number of hydrogen-bond donors (Lipinski definition) is 2. The van der Waals surface area contributed by atoms with Crippen LogP contribution in [0.25, 0.3) is 0 Å². The van der Waals surface area contributed by atoms with Gasteiger partial charge in [-0.05, 0) is 38.0 Å². The van der Waals surface area contributed by atoms with Gasteiger partial charge in [0.2, 0.25) is 0 Å². The Hall–Kier alpha value is -1.41. The third-order valence-electron chi connectivity index (χ3n) is 3.43. The van der Waals surface area contributed by atoms with Crippen molar-refractivity contribution in [2.45, 2.75) is 19.5 Å². The number of ether oxygens (including phenoxy) is 1. The highest BCUT2D eigenvalue weighted by atomic mass is 32.1. The number of rotatable bonds is 7. The van der Waals surface area contributed by atoms with E-state index >= 15 is 0 Å². The molecule has 0 saturated heterocycles. The molecular weight excluding hydrogens is 286 g/mol. The van der Waals surface area contributed by atoms with Crippen LogP contribution in [0.5, 0.6) is 5.75 Å². The van der Waals surface area contributed by atoms with Crippen LogP contribution >= 0.6 is 11.3 Å². The Labute approximate surface area is 129 Å². The van der Waals surface area contributed by atoms with E-state index in [1.54, 1.807) is 24.6 Å². The van der Waals surface area contributed by atoms with Crippen molar-refractivity contribution in [2.75, 3.05) is 27.7 Å². The van der Waals surface area contributed by atoms with Crippen LogP contribution in [0.3, 0.4) is 0 Å². The van der Waals surface area contributed by atoms with Crippen LogP contribution < -0.4 is 16.0 Å². The summed E-state index contributed by atoms with van der Waals surface area (Å²) >= 11 is 1.68. The topological polar surface area (TPSA) is 68.3 Å². The standard InChI is InChI=1S/C14H23N5OS/c1-10-5-8-21-14(10)12(17-15)13-11(20-4)9-16-19(13)7-6-18(2)3/h5,8-9,12,17H,6-7,15H2,1-4H3. The monoisotopic (exact) mass is 309 g/mol. The van der Waals surface area contributed by atoms with Gasteiger partial charge in [0.1, 0.15) is 11.7 Å². The molecule has 3 N–H and O–H groups in total. The van der Waals surface area contributed by atoms with Crippen LogP contribution in [0.2, 0.25) is 0 Å². The summed E-state index contributed by atoms with van der Waals surface area (Å²) in [4.78, 5) is 3.31. The number of likely N-dealkylation sites (N-methyl/N-ethyl adjacent to an activating group) is 1. The molecule has 2 rings (SSSR count). The molecule has 0 aliphatic carbocycles. The molecular formula is C14H23N5OS. The zero-order valence-corrected chi connectivity index (χ0v) is 13.8. The van der Waals surface area contributed by atoms with E-state index in [4.69, 9.17) is 10.6 Å². The van der Waals surface area contributed by atoms with Crippen molar-refractivity contribution in [3.05, 3.63) is 33.8 Å². The fraction of sp³-hybridized carbons (Fsp3) is 0.500. The first-order valence-corrected chi connectivity index (χ1v) is 7.71. The molecule has 0 bridgehead atoms. The number of methoxy groups -OCH3 is 1. The first-order valence-electron chi connectivity index (χ1n) is 6.83. The molecule has 0 radical (unpaired) electrons. The van der Waals surface area contributed by atoms with E-state index in [1.807, 2.05) is 18.8 Å². The average Bonchev–Trinajstić information content (AvgIpc) is 3.05. The molecule has 0 spiro atoms. The van der Waals surface area contributed by atoms with Crippen molar-refractivity contribution in [2.24, 2.45) is 5.84 Å². The van der Waals surface area contributed by atoms with Crippen LogP contribution in [0, 0.1) is 6.92 Å². The predicted molar refractivity (Wildman–Crippen MR) is 85.6 cm³/mol. The van der Waals surface area contributed by atoms with Crippen LogP contribution in [-0.2, 0) is 6.54 Å². The number of nitrogens with zero attached hydrogens (tertiary/aromatic N) is 3. The molecule has 0 aliphatic heterocycles. The molecule has 0 fully saturated rings. The molecule has 1 atom stereocenters. The first kappa shape index (κ1) is 16.0. The van der Waals surface area contributed by atoms with Crippen molar-refractivity contribution >= 4 is 11.3 Å². The Morgan fingerprint density at radius 3 is 2.81 bits per heavy atom. The summed E-state index contributed by atoms with van der Waals surface area (Å²) in [6, 6.07) is 1.97. The van der Waals surface area contributed by atoms with Crippen molar-refractivity contribution in [1.29, 1.82) is 0 Å². The van der Waals surface area contributed by atoms with Crippen molar-refractivity contribution in [1.82, 2.24) is 20.1 Å². The molecule has 7 heteroatoms. The van der Waals surface area contributed by atoms with Gasteiger partial charge in [-0.15, -0.1) is 11.3 Å². The SMILES string of the molecule is COc1cnn(CCN(C)C)c1C(NN)c1sccc1C. The van der Waals surface area contributed by atoms with Crippen LogP contribution in [0.4, 0.5) is 0 Å². The van der Waals surface area contributed by atoms with Crippen LogP contribution in [0.1, 0.15) is 22.2 Å². The summed E-state index contributed by atoms with van der Waals surface area (Å²) < 4.78 is 7.43. The summed E-state index contributed by atoms with van der Waals surface area (Å²) in [7, 11) is 5.75. The number of nitrogens with one attached hydrogen (secondary N) is 1. The second-order valence-electron chi connectivity index (χ2n) is 5.19. The van der Waals surface area contributed by atoms with E-state index in [1.165, 1.54) is 10.4 Å². The minimum absolute atomic E-state index is 0.121. The number of nitrogens with two attached hydrogens (primary N) is 1. The van der Waals surface area contributed by atoms with Crippen molar-refractivity contribution < 1.29 is 4.74 Å². The molecule has 1 unspecified atom stereocenters. The maximum absolute atomic E-state index is 5.82. The number of hydrogen-bond acceptors (Lipinski definition) is 6. The van der Waals surface area contributed by atoms with Gasteiger partial charge in [0, 0.05) is 11.4 Å². The molecule has 2 aromatic heterocycles. The Morgan fingerprint density at radius 1 is 1.52 bits per heavy atom. The van der Waals surface area contributed by atoms with Gasteiger partial charge in [-0.25, -0.2) is 5.43 Å². The summed E-state index contributed by atoms with van der Waals surface area (Å²) in [6.07, 6.45) is 1.75. The zero-order chi connectivity index (χ0) is 15.4. The second-order valence-corrected chi connectivity index (χ2v) is 6.14. The summed E-state index contributed by atoms with van der Waals surface area (Å²) in [5.41, 5.74) is 5.08. The number of thiophene rings is 1. The largest absolute Gasteiger partial charge is 0.493 e. The van der Waals surface area contributed by atoms with E-state index in [0.717, 1.165) is 24.5 Å². The molecule has 0 aromatic carbocycles.